The highest BCUT2D eigenvalue weighted by atomic mass is 32.2. The lowest BCUT2D eigenvalue weighted by atomic mass is 10.2. The van der Waals surface area contributed by atoms with Gasteiger partial charge in [-0.15, -0.1) is 0 Å². The molecule has 0 spiro atoms. The number of aliphatic hydroxyl groups is 1. The van der Waals surface area contributed by atoms with Crippen molar-refractivity contribution >= 4 is 28.3 Å². The smallest absolute Gasteiger partial charge is 0.227 e. The fourth-order valence-corrected chi connectivity index (χ4v) is 2.84. The first-order chi connectivity index (χ1) is 11.1. The molecule has 0 radical (unpaired) electrons. The maximum absolute atomic E-state index is 11.5. The highest BCUT2D eigenvalue weighted by Gasteiger charge is 2.12. The van der Waals surface area contributed by atoms with Gasteiger partial charge in [0, 0.05) is 12.6 Å². The lowest BCUT2D eigenvalue weighted by Crippen LogP contribution is -2.21. The molecular formula is C16H17NO4S2. The molecule has 0 atom stereocenters. The van der Waals surface area contributed by atoms with Crippen LogP contribution in [-0.4, -0.2) is 21.1 Å². The highest BCUT2D eigenvalue weighted by molar-refractivity contribution is 8.22. The van der Waals surface area contributed by atoms with E-state index in [0.29, 0.717) is 10.9 Å². The topological polar surface area (TPSA) is 82.7 Å². The second-order valence-electron chi connectivity index (χ2n) is 4.75. The van der Waals surface area contributed by atoms with Gasteiger partial charge in [-0.3, -0.25) is 4.79 Å². The Morgan fingerprint density at radius 1 is 1.30 bits per heavy atom. The van der Waals surface area contributed by atoms with E-state index in [9.17, 15) is 9.90 Å². The van der Waals surface area contributed by atoms with E-state index >= 15 is 0 Å². The molecular weight excluding hydrogens is 334 g/mol. The fourth-order valence-electron chi connectivity index (χ4n) is 1.90. The molecule has 0 amide bonds. The summed E-state index contributed by atoms with van der Waals surface area (Å²) in [6, 6.07) is 11.1. The van der Waals surface area contributed by atoms with E-state index in [0.717, 1.165) is 12.5 Å². The third kappa shape index (κ3) is 5.38. The second-order valence-corrected chi connectivity index (χ2v) is 6.40. The summed E-state index contributed by atoms with van der Waals surface area (Å²) >= 11 is 6.46. The molecule has 1 heterocycles. The maximum atomic E-state index is 11.5. The molecule has 0 saturated carbocycles. The standard InChI is InChI=1S/C16H17NO4S2/c18-9-12-8-13(19)15(20)14(21-12)10-23-16(22)17-7-6-11-4-2-1-3-5-11/h1-5,8,18,20H,6-7,9-10H2,(H,17,22). The van der Waals surface area contributed by atoms with Crippen molar-refractivity contribution in [3.8, 4) is 5.75 Å². The van der Waals surface area contributed by atoms with Crippen molar-refractivity contribution in [3.05, 3.63) is 63.7 Å². The third-order valence-electron chi connectivity index (χ3n) is 3.06. The number of hydrogen-bond donors (Lipinski definition) is 3. The summed E-state index contributed by atoms with van der Waals surface area (Å²) in [5.41, 5.74) is 0.644. The van der Waals surface area contributed by atoms with Gasteiger partial charge in [0.25, 0.3) is 0 Å². The van der Waals surface area contributed by atoms with Gasteiger partial charge in [0.15, 0.2) is 5.76 Å². The molecule has 0 aliphatic heterocycles. The van der Waals surface area contributed by atoms with Gasteiger partial charge in [0.05, 0.1) is 5.75 Å². The van der Waals surface area contributed by atoms with Crippen LogP contribution in [0.3, 0.4) is 0 Å². The molecule has 23 heavy (non-hydrogen) atoms. The lowest BCUT2D eigenvalue weighted by Gasteiger charge is -2.08. The molecule has 0 fully saturated rings. The Balaban J connectivity index is 1.82. The van der Waals surface area contributed by atoms with Gasteiger partial charge in [0.2, 0.25) is 11.2 Å². The van der Waals surface area contributed by atoms with Gasteiger partial charge in [-0.2, -0.15) is 0 Å². The van der Waals surface area contributed by atoms with E-state index in [2.05, 4.69) is 5.32 Å². The molecule has 122 valence electrons. The van der Waals surface area contributed by atoms with Crippen LogP contribution < -0.4 is 10.7 Å². The number of hydrogen-bond acceptors (Lipinski definition) is 6. The molecule has 3 N–H and O–H groups in total. The number of benzene rings is 1. The van der Waals surface area contributed by atoms with Gasteiger partial charge in [-0.1, -0.05) is 54.3 Å². The molecule has 0 saturated heterocycles. The number of aromatic hydroxyl groups is 1. The van der Waals surface area contributed by atoms with Crippen LogP contribution >= 0.6 is 24.0 Å². The first-order valence-electron chi connectivity index (χ1n) is 7.00. The van der Waals surface area contributed by atoms with Crippen molar-refractivity contribution in [2.24, 2.45) is 0 Å². The monoisotopic (exact) mass is 351 g/mol. The molecule has 0 bridgehead atoms. The predicted octanol–water partition coefficient (Wildman–Crippen LogP) is 2.19. The lowest BCUT2D eigenvalue weighted by molar-refractivity contribution is 0.237. The quantitative estimate of drug-likeness (QED) is 0.688. The van der Waals surface area contributed by atoms with E-state index < -0.39 is 17.8 Å². The molecule has 2 rings (SSSR count). The van der Waals surface area contributed by atoms with Crippen molar-refractivity contribution < 1.29 is 14.6 Å². The third-order valence-corrected chi connectivity index (χ3v) is 4.37. The Bertz CT molecular complexity index is 716. The van der Waals surface area contributed by atoms with Crippen LogP contribution in [0.1, 0.15) is 17.1 Å². The summed E-state index contributed by atoms with van der Waals surface area (Å²) in [4.78, 5) is 11.5. The van der Waals surface area contributed by atoms with E-state index in [4.69, 9.17) is 21.7 Å². The van der Waals surface area contributed by atoms with Gasteiger partial charge in [-0.25, -0.2) is 0 Å². The first kappa shape index (κ1) is 17.5. The molecule has 1 aromatic carbocycles. The Morgan fingerprint density at radius 3 is 2.74 bits per heavy atom. The van der Waals surface area contributed by atoms with Crippen molar-refractivity contribution in [2.45, 2.75) is 18.8 Å². The molecule has 0 unspecified atom stereocenters. The van der Waals surface area contributed by atoms with Crippen LogP contribution in [0.15, 0.2) is 45.6 Å². The van der Waals surface area contributed by atoms with E-state index in [-0.39, 0.29) is 17.3 Å². The number of aliphatic hydroxyl groups excluding tert-OH is 1. The molecule has 0 aliphatic rings. The maximum Gasteiger partial charge on any atom is 0.227 e. The zero-order chi connectivity index (χ0) is 16.7. The minimum atomic E-state index is -0.571. The molecule has 7 heteroatoms. The van der Waals surface area contributed by atoms with E-state index in [1.165, 1.54) is 17.3 Å². The number of thiocarbonyl (C=S) groups is 1. The van der Waals surface area contributed by atoms with E-state index in [1.54, 1.807) is 0 Å². The van der Waals surface area contributed by atoms with Gasteiger partial charge in [0.1, 0.15) is 16.7 Å². The summed E-state index contributed by atoms with van der Waals surface area (Å²) in [7, 11) is 0. The largest absolute Gasteiger partial charge is 0.502 e. The van der Waals surface area contributed by atoms with Gasteiger partial charge < -0.3 is 19.9 Å². The predicted molar refractivity (Wildman–Crippen MR) is 94.6 cm³/mol. The summed E-state index contributed by atoms with van der Waals surface area (Å²) in [6.45, 7) is 0.301. The normalized spacial score (nSPS) is 10.5. The summed E-state index contributed by atoms with van der Waals surface area (Å²) in [5.74, 6) is -0.00146. The number of nitrogens with one attached hydrogen (secondary N) is 1. The number of rotatable bonds is 6. The zero-order valence-corrected chi connectivity index (χ0v) is 14.0. The van der Waals surface area contributed by atoms with Crippen molar-refractivity contribution in [2.75, 3.05) is 6.54 Å². The van der Waals surface area contributed by atoms with E-state index in [1.807, 2.05) is 30.3 Å². The van der Waals surface area contributed by atoms with Crippen molar-refractivity contribution in [1.29, 1.82) is 0 Å². The Morgan fingerprint density at radius 2 is 2.04 bits per heavy atom. The van der Waals surface area contributed by atoms with Crippen LogP contribution in [-0.2, 0) is 18.8 Å². The fraction of sp³-hybridized carbons (Fsp3) is 0.250. The summed E-state index contributed by atoms with van der Waals surface area (Å²) in [6.07, 6.45) is 0.849. The number of thioether (sulfide) groups is 1. The van der Waals surface area contributed by atoms with Crippen LogP contribution in [0.2, 0.25) is 0 Å². The summed E-state index contributed by atoms with van der Waals surface area (Å²) < 4.78 is 5.81. The second kappa shape index (κ2) is 8.71. The Hall–Kier alpha value is -1.83. The van der Waals surface area contributed by atoms with Crippen LogP contribution in [0.25, 0.3) is 0 Å². The molecule has 5 nitrogen and oxygen atoms in total. The Labute approximate surface area is 143 Å². The van der Waals surface area contributed by atoms with Crippen LogP contribution in [0.5, 0.6) is 5.75 Å². The van der Waals surface area contributed by atoms with Crippen molar-refractivity contribution in [3.63, 3.8) is 0 Å². The van der Waals surface area contributed by atoms with Crippen molar-refractivity contribution in [1.82, 2.24) is 5.32 Å². The average Bonchev–Trinajstić information content (AvgIpc) is 2.57. The summed E-state index contributed by atoms with van der Waals surface area (Å²) in [5, 5.41) is 21.8. The Kier molecular flexibility index (Phi) is 6.64. The SMILES string of the molecule is O=c1cc(CO)oc(CSC(=S)NCCc2ccccc2)c1O. The van der Waals surface area contributed by atoms with Gasteiger partial charge in [-0.05, 0) is 12.0 Å². The molecule has 0 aliphatic carbocycles. The molecule has 1 aromatic heterocycles. The minimum Gasteiger partial charge on any atom is -0.502 e. The minimum absolute atomic E-state index is 0.110. The highest BCUT2D eigenvalue weighted by Crippen LogP contribution is 2.20. The molecule has 2 aromatic rings. The van der Waals surface area contributed by atoms with Crippen LogP contribution in [0.4, 0.5) is 0 Å². The average molecular weight is 351 g/mol. The van der Waals surface area contributed by atoms with Crippen LogP contribution in [0, 0.1) is 0 Å². The van der Waals surface area contributed by atoms with Gasteiger partial charge >= 0.3 is 0 Å². The zero-order valence-electron chi connectivity index (χ0n) is 12.3. The first-order valence-corrected chi connectivity index (χ1v) is 8.40.